The maximum Gasteiger partial charge on any atom is 0.336 e. The van der Waals surface area contributed by atoms with Crippen molar-refractivity contribution in [1.29, 1.82) is 0 Å². The van der Waals surface area contributed by atoms with Crippen LogP contribution in [-0.2, 0) is 19.1 Å². The van der Waals surface area contributed by atoms with Gasteiger partial charge in [-0.05, 0) is 43.5 Å². The Morgan fingerprint density at radius 1 is 1.03 bits per heavy atom. The van der Waals surface area contributed by atoms with Crippen molar-refractivity contribution in [2.24, 2.45) is 0 Å². The third-order valence-electron chi connectivity index (χ3n) is 5.74. The Morgan fingerprint density at radius 2 is 1.69 bits per heavy atom. The number of rotatable bonds is 9. The summed E-state index contributed by atoms with van der Waals surface area (Å²) in [4.78, 5) is 36.7. The summed E-state index contributed by atoms with van der Waals surface area (Å²) in [6.07, 6.45) is 4.27. The summed E-state index contributed by atoms with van der Waals surface area (Å²) >= 11 is 0. The molecule has 1 unspecified atom stereocenters. The molecule has 3 rings (SSSR count). The molecule has 1 aliphatic rings. The fraction of sp³-hybridized carbons (Fsp3) is 0.259. The van der Waals surface area contributed by atoms with Crippen LogP contribution in [0.2, 0.25) is 0 Å². The highest BCUT2D eigenvalue weighted by molar-refractivity contribution is 5.99. The highest BCUT2D eigenvalue weighted by atomic mass is 16.6. The molecule has 2 aromatic carbocycles. The molecular weight excluding hydrogens is 464 g/mol. The molecule has 0 fully saturated rings. The van der Waals surface area contributed by atoms with Crippen molar-refractivity contribution in [1.82, 2.24) is 5.32 Å². The second-order valence-corrected chi connectivity index (χ2v) is 8.08. The standard InChI is InChI=1S/C27H28N2O7/c1-17-23(26(30)35-4)25(20-9-7-10-21(16-20)29(32)33)24(18(2)28-17)27(31)36-15-6-5-8-19-11-13-22(34-3)14-12-19/h5,7-14,16,25,28H,6,15H2,1-4H3/b8-5+. The fourth-order valence-corrected chi connectivity index (χ4v) is 4.03. The van der Waals surface area contributed by atoms with Crippen LogP contribution in [0.3, 0.4) is 0 Å². The van der Waals surface area contributed by atoms with E-state index in [2.05, 4.69) is 5.32 Å². The van der Waals surface area contributed by atoms with Gasteiger partial charge in [0.2, 0.25) is 0 Å². The van der Waals surface area contributed by atoms with E-state index in [0.29, 0.717) is 23.4 Å². The second kappa shape index (κ2) is 11.8. The Hall–Kier alpha value is -4.40. The molecule has 0 aromatic heterocycles. The number of nitro groups is 1. The number of nitro benzene ring substituents is 1. The Kier molecular flexibility index (Phi) is 8.61. The van der Waals surface area contributed by atoms with Crippen LogP contribution in [0.4, 0.5) is 5.69 Å². The van der Waals surface area contributed by atoms with Crippen molar-refractivity contribution in [3.63, 3.8) is 0 Å². The summed E-state index contributed by atoms with van der Waals surface area (Å²) in [7, 11) is 2.85. The average molecular weight is 493 g/mol. The molecule has 2 aromatic rings. The minimum Gasteiger partial charge on any atom is -0.497 e. The topological polar surface area (TPSA) is 117 Å². The first kappa shape index (κ1) is 26.2. The number of nitrogens with zero attached hydrogens (tertiary/aromatic N) is 1. The Bertz CT molecular complexity index is 1240. The second-order valence-electron chi connectivity index (χ2n) is 8.08. The average Bonchev–Trinajstić information content (AvgIpc) is 2.87. The predicted molar refractivity (Wildman–Crippen MR) is 134 cm³/mol. The molecule has 1 heterocycles. The molecule has 36 heavy (non-hydrogen) atoms. The van der Waals surface area contributed by atoms with Gasteiger partial charge in [-0.1, -0.05) is 36.4 Å². The van der Waals surface area contributed by atoms with Crippen LogP contribution >= 0.6 is 0 Å². The van der Waals surface area contributed by atoms with Gasteiger partial charge in [0.05, 0.1) is 42.8 Å². The molecule has 0 saturated heterocycles. The van der Waals surface area contributed by atoms with Crippen molar-refractivity contribution < 1.29 is 28.7 Å². The molecule has 0 saturated carbocycles. The maximum absolute atomic E-state index is 13.2. The van der Waals surface area contributed by atoms with Gasteiger partial charge in [0.15, 0.2) is 0 Å². The molecule has 9 nitrogen and oxygen atoms in total. The molecule has 0 radical (unpaired) electrons. The molecule has 1 aliphatic heterocycles. The van der Waals surface area contributed by atoms with E-state index in [1.165, 1.54) is 25.3 Å². The number of carbonyl (C=O) groups is 2. The summed E-state index contributed by atoms with van der Waals surface area (Å²) in [6.45, 7) is 3.49. The number of benzene rings is 2. The van der Waals surface area contributed by atoms with Crippen molar-refractivity contribution in [3.8, 4) is 5.75 Å². The van der Waals surface area contributed by atoms with Crippen LogP contribution in [0.25, 0.3) is 6.08 Å². The summed E-state index contributed by atoms with van der Waals surface area (Å²) in [5.74, 6) is -1.39. The van der Waals surface area contributed by atoms with Crippen LogP contribution in [0.15, 0.2) is 77.1 Å². The number of ether oxygens (including phenoxy) is 3. The van der Waals surface area contributed by atoms with Gasteiger partial charge in [-0.15, -0.1) is 0 Å². The zero-order valence-corrected chi connectivity index (χ0v) is 20.6. The van der Waals surface area contributed by atoms with Crippen LogP contribution in [0.5, 0.6) is 5.75 Å². The molecule has 0 spiro atoms. The lowest BCUT2D eigenvalue weighted by Gasteiger charge is -2.30. The molecule has 188 valence electrons. The zero-order valence-electron chi connectivity index (χ0n) is 20.6. The normalized spacial score (nSPS) is 15.5. The molecular formula is C27H28N2O7. The van der Waals surface area contributed by atoms with E-state index in [1.807, 2.05) is 36.4 Å². The predicted octanol–water partition coefficient (Wildman–Crippen LogP) is 4.66. The fourth-order valence-electron chi connectivity index (χ4n) is 4.03. The first-order chi connectivity index (χ1) is 17.3. The van der Waals surface area contributed by atoms with Crippen molar-refractivity contribution in [3.05, 3.63) is 98.4 Å². The molecule has 1 atom stereocenters. The Balaban J connectivity index is 1.82. The summed E-state index contributed by atoms with van der Waals surface area (Å²) in [6, 6.07) is 13.4. The number of dihydropyridines is 1. The number of methoxy groups -OCH3 is 2. The van der Waals surface area contributed by atoms with Crippen molar-refractivity contribution in [2.45, 2.75) is 26.2 Å². The van der Waals surface area contributed by atoms with Crippen LogP contribution in [0, 0.1) is 10.1 Å². The van der Waals surface area contributed by atoms with E-state index in [0.717, 1.165) is 11.3 Å². The lowest BCUT2D eigenvalue weighted by Crippen LogP contribution is -2.32. The van der Waals surface area contributed by atoms with Crippen LogP contribution in [0.1, 0.15) is 37.3 Å². The summed E-state index contributed by atoms with van der Waals surface area (Å²) in [5.41, 5.74) is 2.62. The van der Waals surface area contributed by atoms with E-state index in [9.17, 15) is 19.7 Å². The number of hydrogen-bond donors (Lipinski definition) is 1. The van der Waals surface area contributed by atoms with Crippen LogP contribution in [-0.4, -0.2) is 37.7 Å². The van der Waals surface area contributed by atoms with Gasteiger partial charge >= 0.3 is 11.9 Å². The van der Waals surface area contributed by atoms with Crippen molar-refractivity contribution >= 4 is 23.7 Å². The largest absolute Gasteiger partial charge is 0.497 e. The van der Waals surface area contributed by atoms with Gasteiger partial charge < -0.3 is 19.5 Å². The lowest BCUT2D eigenvalue weighted by molar-refractivity contribution is -0.384. The van der Waals surface area contributed by atoms with E-state index < -0.39 is 22.8 Å². The maximum atomic E-state index is 13.2. The zero-order chi connectivity index (χ0) is 26.2. The lowest BCUT2D eigenvalue weighted by atomic mass is 9.80. The first-order valence-corrected chi connectivity index (χ1v) is 11.3. The minimum atomic E-state index is -0.888. The molecule has 0 bridgehead atoms. The summed E-state index contributed by atoms with van der Waals surface area (Å²) < 4.78 is 15.6. The van der Waals surface area contributed by atoms with E-state index in [4.69, 9.17) is 14.2 Å². The molecule has 1 N–H and O–H groups in total. The third kappa shape index (κ3) is 5.99. The third-order valence-corrected chi connectivity index (χ3v) is 5.74. The van der Waals surface area contributed by atoms with Gasteiger partial charge in [0.1, 0.15) is 5.75 Å². The highest BCUT2D eigenvalue weighted by Gasteiger charge is 2.38. The van der Waals surface area contributed by atoms with Crippen LogP contribution < -0.4 is 10.1 Å². The minimum absolute atomic E-state index is 0.111. The van der Waals surface area contributed by atoms with Gasteiger partial charge in [0, 0.05) is 23.5 Å². The van der Waals surface area contributed by atoms with E-state index in [-0.39, 0.29) is 23.4 Å². The number of hydrogen-bond acceptors (Lipinski definition) is 8. The van der Waals surface area contributed by atoms with Crippen molar-refractivity contribution in [2.75, 3.05) is 20.8 Å². The number of esters is 2. The monoisotopic (exact) mass is 492 g/mol. The highest BCUT2D eigenvalue weighted by Crippen LogP contribution is 2.40. The van der Waals surface area contributed by atoms with Gasteiger partial charge in [0.25, 0.3) is 5.69 Å². The molecule has 0 amide bonds. The molecule has 0 aliphatic carbocycles. The quantitative estimate of drug-likeness (QED) is 0.233. The number of nitrogens with one attached hydrogen (secondary N) is 1. The Labute approximate surface area is 209 Å². The van der Waals surface area contributed by atoms with Gasteiger partial charge in [-0.2, -0.15) is 0 Å². The SMILES string of the molecule is COC(=O)C1=C(C)NC(C)=C(C(=O)OCC/C=C/c2ccc(OC)cc2)C1c1cccc([N+](=O)[O-])c1. The number of allylic oxidation sites excluding steroid dienone is 2. The van der Waals surface area contributed by atoms with E-state index >= 15 is 0 Å². The summed E-state index contributed by atoms with van der Waals surface area (Å²) in [5, 5.41) is 14.4. The smallest absolute Gasteiger partial charge is 0.336 e. The van der Waals surface area contributed by atoms with Gasteiger partial charge in [-0.25, -0.2) is 9.59 Å². The molecule has 9 heteroatoms. The van der Waals surface area contributed by atoms with Gasteiger partial charge in [-0.3, -0.25) is 10.1 Å². The Morgan fingerprint density at radius 3 is 2.31 bits per heavy atom. The first-order valence-electron chi connectivity index (χ1n) is 11.3. The number of non-ortho nitro benzene ring substituents is 1. The van der Waals surface area contributed by atoms with E-state index in [1.54, 1.807) is 27.0 Å². The number of carbonyl (C=O) groups excluding carboxylic acids is 2.